The average Bonchev–Trinajstić information content (AvgIpc) is 2.66. The molecule has 1 aliphatic rings. The minimum Gasteiger partial charge on any atom is -0.493 e. The summed E-state index contributed by atoms with van der Waals surface area (Å²) in [6, 6.07) is 13.2. The molecule has 0 saturated carbocycles. The van der Waals surface area contributed by atoms with Crippen molar-refractivity contribution in [1.82, 2.24) is 0 Å². The fraction of sp³-hybridized carbons (Fsp3) is 0.300. The topological polar surface area (TPSA) is 61.8 Å². The van der Waals surface area contributed by atoms with Crippen molar-refractivity contribution in [1.29, 1.82) is 0 Å². The monoisotopic (exact) mass is 340 g/mol. The van der Waals surface area contributed by atoms with Crippen LogP contribution < -0.4 is 9.47 Å². The molecule has 2 aromatic carbocycles. The molecular formula is C20H20O5. The fourth-order valence-corrected chi connectivity index (χ4v) is 3.11. The minimum absolute atomic E-state index is 0.222. The Bertz CT molecular complexity index is 782. The summed E-state index contributed by atoms with van der Waals surface area (Å²) in [5, 5.41) is 0. The Morgan fingerprint density at radius 1 is 1.12 bits per heavy atom. The van der Waals surface area contributed by atoms with E-state index in [0.717, 1.165) is 11.1 Å². The number of rotatable bonds is 5. The molecule has 0 fully saturated rings. The maximum absolute atomic E-state index is 12.6. The zero-order valence-corrected chi connectivity index (χ0v) is 14.3. The predicted octanol–water partition coefficient (Wildman–Crippen LogP) is 3.19. The molecule has 1 atom stereocenters. The van der Waals surface area contributed by atoms with E-state index in [0.29, 0.717) is 36.5 Å². The van der Waals surface area contributed by atoms with Crippen LogP contribution in [0.25, 0.3) is 0 Å². The molecule has 2 aromatic rings. The molecular weight excluding hydrogens is 320 g/mol. The molecule has 0 spiro atoms. The second-order valence-corrected chi connectivity index (χ2v) is 5.88. The highest BCUT2D eigenvalue weighted by atomic mass is 16.5. The summed E-state index contributed by atoms with van der Waals surface area (Å²) in [5.74, 6) is -0.300. The van der Waals surface area contributed by atoms with Crippen LogP contribution in [-0.4, -0.2) is 26.0 Å². The first-order chi connectivity index (χ1) is 12.2. The Balaban J connectivity index is 1.92. The summed E-state index contributed by atoms with van der Waals surface area (Å²) in [6.07, 6.45) is 0.968. The second kappa shape index (κ2) is 7.38. The Kier molecular flexibility index (Phi) is 5.03. The molecule has 0 saturated heterocycles. The van der Waals surface area contributed by atoms with Crippen LogP contribution in [0.5, 0.6) is 11.5 Å². The fourth-order valence-electron chi connectivity index (χ4n) is 3.11. The van der Waals surface area contributed by atoms with Gasteiger partial charge in [-0.3, -0.25) is 9.59 Å². The largest absolute Gasteiger partial charge is 0.493 e. The van der Waals surface area contributed by atoms with Gasteiger partial charge in [0, 0.05) is 11.1 Å². The molecule has 1 aliphatic carbocycles. The maximum atomic E-state index is 12.6. The third-order valence-electron chi connectivity index (χ3n) is 4.42. The normalized spacial score (nSPS) is 16.1. The van der Waals surface area contributed by atoms with Crippen molar-refractivity contribution in [3.8, 4) is 11.5 Å². The summed E-state index contributed by atoms with van der Waals surface area (Å²) in [4.78, 5) is 24.5. The van der Waals surface area contributed by atoms with Gasteiger partial charge in [0.1, 0.15) is 12.5 Å². The van der Waals surface area contributed by atoms with Gasteiger partial charge in [0.05, 0.1) is 14.2 Å². The lowest BCUT2D eigenvalue weighted by Gasteiger charge is -2.24. The van der Waals surface area contributed by atoms with Gasteiger partial charge in [-0.05, 0) is 30.5 Å². The van der Waals surface area contributed by atoms with E-state index in [9.17, 15) is 9.59 Å². The van der Waals surface area contributed by atoms with Gasteiger partial charge in [0.15, 0.2) is 17.3 Å². The third-order valence-corrected chi connectivity index (χ3v) is 4.42. The summed E-state index contributed by atoms with van der Waals surface area (Å²) in [7, 11) is 2.87. The first kappa shape index (κ1) is 17.0. The van der Waals surface area contributed by atoms with Crippen LogP contribution in [0.1, 0.15) is 27.9 Å². The molecule has 0 bridgehead atoms. The van der Waals surface area contributed by atoms with Gasteiger partial charge in [-0.2, -0.15) is 0 Å². The smallest absolute Gasteiger partial charge is 0.316 e. The van der Waals surface area contributed by atoms with E-state index in [1.807, 2.05) is 30.3 Å². The highest BCUT2D eigenvalue weighted by molar-refractivity contribution is 6.10. The highest BCUT2D eigenvalue weighted by Gasteiger charge is 2.35. The lowest BCUT2D eigenvalue weighted by molar-refractivity contribution is -0.143. The quantitative estimate of drug-likeness (QED) is 0.618. The van der Waals surface area contributed by atoms with Gasteiger partial charge < -0.3 is 14.2 Å². The van der Waals surface area contributed by atoms with E-state index in [1.165, 1.54) is 7.11 Å². The van der Waals surface area contributed by atoms with Crippen LogP contribution in [-0.2, 0) is 22.6 Å². The number of hydrogen-bond donors (Lipinski definition) is 0. The van der Waals surface area contributed by atoms with Crippen molar-refractivity contribution in [2.45, 2.75) is 19.4 Å². The van der Waals surface area contributed by atoms with Gasteiger partial charge in [0.25, 0.3) is 0 Å². The lowest BCUT2D eigenvalue weighted by atomic mass is 9.82. The Labute approximate surface area is 146 Å². The Hall–Kier alpha value is -2.82. The average molecular weight is 340 g/mol. The Morgan fingerprint density at radius 2 is 1.88 bits per heavy atom. The van der Waals surface area contributed by atoms with Crippen LogP contribution in [0.2, 0.25) is 0 Å². The van der Waals surface area contributed by atoms with Gasteiger partial charge >= 0.3 is 5.97 Å². The molecule has 0 radical (unpaired) electrons. The number of ether oxygens (including phenoxy) is 3. The van der Waals surface area contributed by atoms with Crippen LogP contribution in [0.4, 0.5) is 0 Å². The van der Waals surface area contributed by atoms with Crippen LogP contribution in [0, 0.1) is 5.92 Å². The summed E-state index contributed by atoms with van der Waals surface area (Å²) < 4.78 is 16.1. The SMILES string of the molecule is COC(=O)C1CCc2c(ccc(OC)c2OCc2ccccc2)C1=O. The maximum Gasteiger partial charge on any atom is 0.316 e. The van der Waals surface area contributed by atoms with Crippen LogP contribution >= 0.6 is 0 Å². The summed E-state index contributed by atoms with van der Waals surface area (Å²) >= 11 is 0. The number of methoxy groups -OCH3 is 2. The van der Waals surface area contributed by atoms with Crippen LogP contribution in [0.15, 0.2) is 42.5 Å². The van der Waals surface area contributed by atoms with E-state index in [-0.39, 0.29) is 5.78 Å². The molecule has 5 heteroatoms. The first-order valence-corrected chi connectivity index (χ1v) is 8.14. The molecule has 0 aliphatic heterocycles. The van der Waals surface area contributed by atoms with Crippen molar-refractivity contribution >= 4 is 11.8 Å². The van der Waals surface area contributed by atoms with Gasteiger partial charge in [-0.15, -0.1) is 0 Å². The molecule has 5 nitrogen and oxygen atoms in total. The van der Waals surface area contributed by atoms with Gasteiger partial charge in [-0.1, -0.05) is 30.3 Å². The molecule has 0 aromatic heterocycles. The van der Waals surface area contributed by atoms with Crippen molar-refractivity contribution in [3.63, 3.8) is 0 Å². The van der Waals surface area contributed by atoms with Gasteiger partial charge in [-0.25, -0.2) is 0 Å². The van der Waals surface area contributed by atoms with Crippen LogP contribution in [0.3, 0.4) is 0 Å². The third kappa shape index (κ3) is 3.36. The number of esters is 1. The zero-order chi connectivity index (χ0) is 17.8. The van der Waals surface area contributed by atoms with Gasteiger partial charge in [0.2, 0.25) is 0 Å². The Morgan fingerprint density at radius 3 is 2.56 bits per heavy atom. The van der Waals surface area contributed by atoms with Crippen molar-refractivity contribution < 1.29 is 23.8 Å². The molecule has 3 rings (SSSR count). The van der Waals surface area contributed by atoms with Crippen molar-refractivity contribution in [2.75, 3.05) is 14.2 Å². The molecule has 0 N–H and O–H groups in total. The number of hydrogen-bond acceptors (Lipinski definition) is 5. The molecule has 25 heavy (non-hydrogen) atoms. The van der Waals surface area contributed by atoms with E-state index in [4.69, 9.17) is 14.2 Å². The summed E-state index contributed by atoms with van der Waals surface area (Å²) in [6.45, 7) is 0.377. The lowest BCUT2D eigenvalue weighted by Crippen LogP contribution is -2.30. The van der Waals surface area contributed by atoms with E-state index < -0.39 is 11.9 Å². The zero-order valence-electron chi connectivity index (χ0n) is 14.3. The number of fused-ring (bicyclic) bond motifs is 1. The number of carbonyl (C=O) groups excluding carboxylic acids is 2. The number of Topliss-reactive ketones (excluding diaryl/α,β-unsaturated/α-hetero) is 1. The predicted molar refractivity (Wildman–Crippen MR) is 91.9 cm³/mol. The van der Waals surface area contributed by atoms with E-state index in [2.05, 4.69) is 0 Å². The number of ketones is 1. The molecule has 0 heterocycles. The number of benzene rings is 2. The number of carbonyl (C=O) groups is 2. The highest BCUT2D eigenvalue weighted by Crippen LogP contribution is 2.39. The molecule has 130 valence electrons. The minimum atomic E-state index is -0.743. The molecule has 1 unspecified atom stereocenters. The van der Waals surface area contributed by atoms with E-state index in [1.54, 1.807) is 19.2 Å². The summed E-state index contributed by atoms with van der Waals surface area (Å²) in [5.41, 5.74) is 2.32. The second-order valence-electron chi connectivity index (χ2n) is 5.88. The first-order valence-electron chi connectivity index (χ1n) is 8.14. The van der Waals surface area contributed by atoms with E-state index >= 15 is 0 Å². The van der Waals surface area contributed by atoms with Crippen molar-refractivity contribution in [3.05, 3.63) is 59.2 Å². The van der Waals surface area contributed by atoms with Crippen molar-refractivity contribution in [2.24, 2.45) is 5.92 Å². The standard InChI is InChI=1S/C20H20O5/c1-23-17-11-10-14-15(8-9-16(18(14)21)20(22)24-2)19(17)25-12-13-6-4-3-5-7-13/h3-7,10-11,16H,8-9,12H2,1-2H3. The molecule has 0 amide bonds.